The number of halogens is 2. The van der Waals surface area contributed by atoms with Gasteiger partial charge in [0.2, 0.25) is 0 Å². The number of hydrogen-bond donors (Lipinski definition) is 1. The molecule has 1 aromatic rings. The number of carbonyl (C=O) groups excluding carboxylic acids is 1. The van der Waals surface area contributed by atoms with Crippen LogP contribution in [0.2, 0.25) is 0 Å². The average molecular weight is 450 g/mol. The number of likely N-dealkylation sites (N-methyl/N-ethyl adjacent to an activating group) is 1. The lowest BCUT2D eigenvalue weighted by molar-refractivity contribution is 0.0935. The number of methoxy groups -OCH3 is 2. The maximum atomic E-state index is 12.7. The summed E-state index contributed by atoms with van der Waals surface area (Å²) in [5, 5.41) is 3.03. The van der Waals surface area contributed by atoms with Gasteiger partial charge in [-0.1, -0.05) is 6.92 Å². The molecule has 1 fully saturated rings. The van der Waals surface area contributed by atoms with Crippen LogP contribution in [0, 0.1) is 0 Å². The summed E-state index contributed by atoms with van der Waals surface area (Å²) in [7, 11) is 3.08. The zero-order valence-electron chi connectivity index (χ0n) is 13.6. The molecule has 1 heterocycles. The van der Waals surface area contributed by atoms with E-state index in [2.05, 4.69) is 49.0 Å². The van der Waals surface area contributed by atoms with Crippen molar-refractivity contribution in [2.45, 2.75) is 25.8 Å². The van der Waals surface area contributed by atoms with Crippen LogP contribution in [0.1, 0.15) is 30.1 Å². The van der Waals surface area contributed by atoms with Gasteiger partial charge in [-0.3, -0.25) is 9.69 Å². The first kappa shape index (κ1) is 18.5. The van der Waals surface area contributed by atoms with Crippen molar-refractivity contribution in [3.8, 4) is 11.5 Å². The van der Waals surface area contributed by atoms with Gasteiger partial charge >= 0.3 is 0 Å². The first-order chi connectivity index (χ1) is 11.0. The molecule has 7 heteroatoms. The van der Waals surface area contributed by atoms with E-state index in [9.17, 15) is 4.79 Å². The smallest absolute Gasteiger partial charge is 0.258 e. The fourth-order valence-electron chi connectivity index (χ4n) is 3.03. The minimum Gasteiger partial charge on any atom is -0.495 e. The van der Waals surface area contributed by atoms with Crippen LogP contribution in [0.4, 0.5) is 0 Å². The molecule has 2 rings (SSSR count). The second-order valence-electron chi connectivity index (χ2n) is 5.42. The number of likely N-dealkylation sites (tertiary alicyclic amines) is 1. The van der Waals surface area contributed by atoms with Crippen molar-refractivity contribution in [2.75, 3.05) is 33.9 Å². The molecule has 128 valence electrons. The zero-order valence-corrected chi connectivity index (χ0v) is 16.8. The Morgan fingerprint density at radius 1 is 1.30 bits per heavy atom. The fraction of sp³-hybridized carbons (Fsp3) is 0.562. The molecule has 0 spiro atoms. The first-order valence-corrected chi connectivity index (χ1v) is 9.24. The summed E-state index contributed by atoms with van der Waals surface area (Å²) in [6.07, 6.45) is 2.30. The predicted octanol–water partition coefficient (Wildman–Crippen LogP) is 3.44. The Balaban J connectivity index is 2.21. The van der Waals surface area contributed by atoms with Crippen molar-refractivity contribution in [2.24, 2.45) is 0 Å². The number of hydrogen-bond acceptors (Lipinski definition) is 4. The average Bonchev–Trinajstić information content (AvgIpc) is 2.99. The summed E-state index contributed by atoms with van der Waals surface area (Å²) in [5.41, 5.74) is 0.400. The Bertz CT molecular complexity index is 553. The highest BCUT2D eigenvalue weighted by Crippen LogP contribution is 2.41. The van der Waals surface area contributed by atoms with Crippen molar-refractivity contribution in [1.82, 2.24) is 10.2 Å². The van der Waals surface area contributed by atoms with Crippen LogP contribution in [-0.2, 0) is 0 Å². The molecular weight excluding hydrogens is 428 g/mol. The standard InChI is InChI=1S/C16H22Br2N2O3/c1-4-20-7-5-6-10(20)9-19-16(21)13-14(22-2)11(17)8-12(18)15(13)23-3/h8,10H,4-7,9H2,1-3H3,(H,19,21)/t10-/m1/s1. The van der Waals surface area contributed by atoms with Gasteiger partial charge < -0.3 is 14.8 Å². The highest BCUT2D eigenvalue weighted by atomic mass is 79.9. The van der Waals surface area contributed by atoms with Crippen molar-refractivity contribution in [1.29, 1.82) is 0 Å². The Morgan fingerprint density at radius 3 is 2.43 bits per heavy atom. The molecule has 1 amide bonds. The van der Waals surface area contributed by atoms with Crippen molar-refractivity contribution in [3.05, 3.63) is 20.6 Å². The van der Waals surface area contributed by atoms with Crippen molar-refractivity contribution in [3.63, 3.8) is 0 Å². The van der Waals surface area contributed by atoms with Crippen molar-refractivity contribution < 1.29 is 14.3 Å². The zero-order chi connectivity index (χ0) is 17.0. The maximum absolute atomic E-state index is 12.7. The molecule has 23 heavy (non-hydrogen) atoms. The molecule has 1 aromatic carbocycles. The van der Waals surface area contributed by atoms with Gasteiger partial charge in [0.05, 0.1) is 23.2 Å². The Kier molecular flexibility index (Phi) is 6.73. The molecule has 1 saturated heterocycles. The highest BCUT2D eigenvalue weighted by Gasteiger charge is 2.27. The normalized spacial score (nSPS) is 18.0. The van der Waals surface area contributed by atoms with Crippen LogP contribution in [0.5, 0.6) is 11.5 Å². The van der Waals surface area contributed by atoms with Gasteiger partial charge in [-0.2, -0.15) is 0 Å². The monoisotopic (exact) mass is 448 g/mol. The van der Waals surface area contributed by atoms with Crippen LogP contribution < -0.4 is 14.8 Å². The van der Waals surface area contributed by atoms with Crippen LogP contribution >= 0.6 is 31.9 Å². The third-order valence-corrected chi connectivity index (χ3v) is 5.36. The van der Waals surface area contributed by atoms with Gasteiger partial charge in [0, 0.05) is 12.6 Å². The molecule has 1 aliphatic heterocycles. The van der Waals surface area contributed by atoms with Gasteiger partial charge in [-0.15, -0.1) is 0 Å². The second kappa shape index (κ2) is 8.35. The molecule has 5 nitrogen and oxygen atoms in total. The van der Waals surface area contributed by atoms with Crippen LogP contribution in [0.25, 0.3) is 0 Å². The summed E-state index contributed by atoms with van der Waals surface area (Å²) < 4.78 is 12.2. The Hall–Kier alpha value is -0.790. The van der Waals surface area contributed by atoms with E-state index in [1.165, 1.54) is 6.42 Å². The summed E-state index contributed by atoms with van der Waals surface area (Å²) in [6, 6.07) is 2.21. The minimum absolute atomic E-state index is 0.191. The highest BCUT2D eigenvalue weighted by molar-refractivity contribution is 9.11. The van der Waals surface area contributed by atoms with Gasteiger partial charge in [-0.05, 0) is 63.9 Å². The predicted molar refractivity (Wildman–Crippen MR) is 97.5 cm³/mol. The summed E-state index contributed by atoms with van der Waals surface area (Å²) >= 11 is 6.86. The number of nitrogens with zero attached hydrogens (tertiary/aromatic N) is 1. The fourth-order valence-corrected chi connectivity index (χ4v) is 4.52. The van der Waals surface area contributed by atoms with E-state index in [0.717, 1.165) is 19.5 Å². The van der Waals surface area contributed by atoms with E-state index in [4.69, 9.17) is 9.47 Å². The topological polar surface area (TPSA) is 50.8 Å². The van der Waals surface area contributed by atoms with Crippen LogP contribution in [0.15, 0.2) is 15.0 Å². The molecule has 1 atom stereocenters. The molecule has 1 N–H and O–H groups in total. The minimum atomic E-state index is -0.191. The quantitative estimate of drug-likeness (QED) is 0.722. The summed E-state index contributed by atoms with van der Waals surface area (Å²) in [6.45, 7) is 4.89. The van der Waals surface area contributed by atoms with E-state index in [1.807, 2.05) is 6.07 Å². The van der Waals surface area contributed by atoms with Gasteiger partial charge in [0.25, 0.3) is 5.91 Å². The van der Waals surface area contributed by atoms with Gasteiger partial charge in [0.15, 0.2) is 0 Å². The van der Waals surface area contributed by atoms with E-state index in [0.29, 0.717) is 38.6 Å². The summed E-state index contributed by atoms with van der Waals surface area (Å²) in [4.78, 5) is 15.1. The molecule has 1 aliphatic rings. The molecule has 0 bridgehead atoms. The van der Waals surface area contributed by atoms with Crippen LogP contribution in [0.3, 0.4) is 0 Å². The number of amides is 1. The molecule has 0 radical (unpaired) electrons. The number of rotatable bonds is 6. The molecule has 0 aliphatic carbocycles. The van der Waals surface area contributed by atoms with Crippen LogP contribution in [-0.4, -0.2) is 50.7 Å². The third kappa shape index (κ3) is 4.00. The lowest BCUT2D eigenvalue weighted by Gasteiger charge is -2.23. The third-order valence-electron chi connectivity index (χ3n) is 4.18. The van der Waals surface area contributed by atoms with Gasteiger partial charge in [0.1, 0.15) is 17.1 Å². The van der Waals surface area contributed by atoms with Gasteiger partial charge in [-0.25, -0.2) is 0 Å². The first-order valence-electron chi connectivity index (χ1n) is 7.65. The number of carbonyl (C=O) groups is 1. The molecule has 0 unspecified atom stereocenters. The lowest BCUT2D eigenvalue weighted by Crippen LogP contribution is -2.40. The second-order valence-corrected chi connectivity index (χ2v) is 7.13. The number of ether oxygens (including phenoxy) is 2. The van der Waals surface area contributed by atoms with E-state index >= 15 is 0 Å². The largest absolute Gasteiger partial charge is 0.495 e. The number of benzene rings is 1. The maximum Gasteiger partial charge on any atom is 0.258 e. The Labute approximate surface area is 154 Å². The Morgan fingerprint density at radius 2 is 1.91 bits per heavy atom. The van der Waals surface area contributed by atoms with E-state index in [1.54, 1.807) is 14.2 Å². The molecular formula is C16H22Br2N2O3. The van der Waals surface area contributed by atoms with E-state index in [-0.39, 0.29) is 5.91 Å². The number of nitrogens with one attached hydrogen (secondary N) is 1. The molecule has 0 saturated carbocycles. The molecule has 0 aromatic heterocycles. The summed E-state index contributed by atoms with van der Waals surface area (Å²) in [5.74, 6) is 0.756. The van der Waals surface area contributed by atoms with E-state index < -0.39 is 0 Å². The van der Waals surface area contributed by atoms with Crippen molar-refractivity contribution >= 4 is 37.8 Å². The SMILES string of the molecule is CCN1CCC[C@@H]1CNC(=O)c1c(OC)c(Br)cc(Br)c1OC. The lowest BCUT2D eigenvalue weighted by atomic mass is 10.1.